The van der Waals surface area contributed by atoms with Gasteiger partial charge in [-0.1, -0.05) is 25.8 Å². The maximum absolute atomic E-state index is 11.4. The van der Waals surface area contributed by atoms with Crippen molar-refractivity contribution >= 4 is 10.0 Å². The van der Waals surface area contributed by atoms with E-state index in [0.717, 1.165) is 24.8 Å². The summed E-state index contributed by atoms with van der Waals surface area (Å²) < 4.78 is 28.2. The molecule has 1 aromatic rings. The molecule has 0 radical (unpaired) electrons. The lowest BCUT2D eigenvalue weighted by molar-refractivity contribution is 0.298. The molecule has 0 bridgehead atoms. The lowest BCUT2D eigenvalue weighted by atomic mass is 10.2. The summed E-state index contributed by atoms with van der Waals surface area (Å²) in [6, 6.07) is 5.00. The number of nitrogens with two attached hydrogens (primary N) is 1. The molecule has 0 atom stereocenters. The van der Waals surface area contributed by atoms with Gasteiger partial charge in [-0.3, -0.25) is 0 Å². The van der Waals surface area contributed by atoms with Gasteiger partial charge in [0, 0.05) is 0 Å². The van der Waals surface area contributed by atoms with Crippen LogP contribution in [0.1, 0.15) is 31.7 Å². The summed E-state index contributed by atoms with van der Waals surface area (Å²) in [7, 11) is -3.72. The first-order valence-electron chi connectivity index (χ1n) is 5.71. The van der Waals surface area contributed by atoms with Crippen LogP contribution >= 0.6 is 0 Å². The van der Waals surface area contributed by atoms with Crippen molar-refractivity contribution < 1.29 is 13.2 Å². The van der Waals surface area contributed by atoms with Crippen LogP contribution in [0.3, 0.4) is 0 Å². The van der Waals surface area contributed by atoms with E-state index in [1.807, 2.05) is 13.0 Å². The van der Waals surface area contributed by atoms with Crippen molar-refractivity contribution in [3.8, 4) is 5.75 Å². The van der Waals surface area contributed by atoms with Crippen molar-refractivity contribution in [1.82, 2.24) is 0 Å². The fourth-order valence-electron chi connectivity index (χ4n) is 1.49. The summed E-state index contributed by atoms with van der Waals surface area (Å²) in [5.74, 6) is 0.342. The average molecular weight is 257 g/mol. The number of unbranched alkanes of at least 4 members (excludes halogenated alkanes) is 2. The predicted molar refractivity (Wildman–Crippen MR) is 67.6 cm³/mol. The highest BCUT2D eigenvalue weighted by Crippen LogP contribution is 2.24. The standard InChI is InChI=1S/C12H19NO3S/c1-3-4-5-8-16-11-7-6-10(2)9-12(11)17(13,14)15/h6-7,9H,3-5,8H2,1-2H3,(H2,13,14,15). The van der Waals surface area contributed by atoms with Gasteiger partial charge < -0.3 is 4.74 Å². The Balaban J connectivity index is 2.84. The number of sulfonamides is 1. The van der Waals surface area contributed by atoms with Crippen LogP contribution in [0.4, 0.5) is 0 Å². The second kappa shape index (κ2) is 6.02. The molecule has 4 nitrogen and oxygen atoms in total. The molecular formula is C12H19NO3S. The number of aryl methyl sites for hydroxylation is 1. The normalized spacial score (nSPS) is 11.5. The van der Waals surface area contributed by atoms with Gasteiger partial charge >= 0.3 is 0 Å². The fourth-order valence-corrected chi connectivity index (χ4v) is 2.25. The van der Waals surface area contributed by atoms with Crippen LogP contribution in [-0.2, 0) is 10.0 Å². The van der Waals surface area contributed by atoms with Gasteiger partial charge in [0.05, 0.1) is 6.61 Å². The molecule has 1 rings (SSSR count). The van der Waals surface area contributed by atoms with Crippen LogP contribution in [0.25, 0.3) is 0 Å². The van der Waals surface area contributed by atoms with E-state index in [9.17, 15) is 8.42 Å². The van der Waals surface area contributed by atoms with E-state index in [-0.39, 0.29) is 4.90 Å². The van der Waals surface area contributed by atoms with Crippen molar-refractivity contribution in [2.24, 2.45) is 5.14 Å². The Kier molecular flexibility index (Phi) is 4.96. The summed E-state index contributed by atoms with van der Waals surface area (Å²) in [4.78, 5) is 0.0639. The average Bonchev–Trinajstić information content (AvgIpc) is 2.25. The molecule has 0 aliphatic carbocycles. The number of hydrogen-bond acceptors (Lipinski definition) is 3. The molecule has 2 N–H and O–H groups in total. The van der Waals surface area contributed by atoms with E-state index in [2.05, 4.69) is 6.92 Å². The molecule has 0 amide bonds. The summed E-state index contributed by atoms with van der Waals surface area (Å²) >= 11 is 0. The topological polar surface area (TPSA) is 69.4 Å². The number of primary sulfonamides is 1. The van der Waals surface area contributed by atoms with Crippen molar-refractivity contribution in [2.75, 3.05) is 6.61 Å². The van der Waals surface area contributed by atoms with E-state index >= 15 is 0 Å². The Labute approximate surface area is 103 Å². The quantitative estimate of drug-likeness (QED) is 0.794. The Morgan fingerprint density at radius 2 is 2.00 bits per heavy atom. The Morgan fingerprint density at radius 1 is 1.29 bits per heavy atom. The van der Waals surface area contributed by atoms with Gasteiger partial charge in [-0.25, -0.2) is 13.6 Å². The summed E-state index contributed by atoms with van der Waals surface area (Å²) in [6.45, 7) is 4.43. The molecule has 0 aromatic heterocycles. The van der Waals surface area contributed by atoms with E-state index in [0.29, 0.717) is 12.4 Å². The largest absolute Gasteiger partial charge is 0.492 e. The van der Waals surface area contributed by atoms with Gasteiger partial charge in [0.15, 0.2) is 0 Å². The molecule has 17 heavy (non-hydrogen) atoms. The molecule has 0 aliphatic heterocycles. The maximum atomic E-state index is 11.4. The Hall–Kier alpha value is -1.07. The van der Waals surface area contributed by atoms with Gasteiger partial charge in [0.25, 0.3) is 0 Å². The molecule has 0 aliphatic rings. The molecule has 0 spiro atoms. The Morgan fingerprint density at radius 3 is 2.59 bits per heavy atom. The third-order valence-electron chi connectivity index (χ3n) is 2.41. The van der Waals surface area contributed by atoms with Crippen LogP contribution in [0.2, 0.25) is 0 Å². The summed E-state index contributed by atoms with van der Waals surface area (Å²) in [6.07, 6.45) is 3.07. The van der Waals surface area contributed by atoms with Gasteiger partial charge in [0.2, 0.25) is 10.0 Å². The molecule has 0 saturated carbocycles. The lowest BCUT2D eigenvalue weighted by Gasteiger charge is -2.10. The number of ether oxygens (including phenoxy) is 1. The smallest absolute Gasteiger partial charge is 0.241 e. The minimum atomic E-state index is -3.72. The minimum Gasteiger partial charge on any atom is -0.492 e. The molecular weight excluding hydrogens is 238 g/mol. The van der Waals surface area contributed by atoms with Gasteiger partial charge in [0.1, 0.15) is 10.6 Å². The van der Waals surface area contributed by atoms with Crippen LogP contribution in [0.5, 0.6) is 5.75 Å². The van der Waals surface area contributed by atoms with Crippen LogP contribution in [-0.4, -0.2) is 15.0 Å². The highest BCUT2D eigenvalue weighted by atomic mass is 32.2. The van der Waals surface area contributed by atoms with Gasteiger partial charge in [-0.2, -0.15) is 0 Å². The fraction of sp³-hybridized carbons (Fsp3) is 0.500. The number of rotatable bonds is 6. The molecule has 5 heteroatoms. The third-order valence-corrected chi connectivity index (χ3v) is 3.34. The van der Waals surface area contributed by atoms with E-state index in [1.54, 1.807) is 6.07 Å². The molecule has 0 unspecified atom stereocenters. The SMILES string of the molecule is CCCCCOc1ccc(C)cc1S(N)(=O)=O. The van der Waals surface area contributed by atoms with Crippen molar-refractivity contribution in [2.45, 2.75) is 38.0 Å². The zero-order valence-corrected chi connectivity index (χ0v) is 11.1. The zero-order chi connectivity index (χ0) is 12.9. The zero-order valence-electron chi connectivity index (χ0n) is 10.3. The molecule has 0 fully saturated rings. The van der Waals surface area contributed by atoms with Crippen LogP contribution < -0.4 is 9.88 Å². The first kappa shape index (κ1) is 14.0. The number of hydrogen-bond donors (Lipinski definition) is 1. The van der Waals surface area contributed by atoms with Crippen molar-refractivity contribution in [3.05, 3.63) is 23.8 Å². The molecule has 1 aromatic carbocycles. The lowest BCUT2D eigenvalue weighted by Crippen LogP contribution is -2.14. The maximum Gasteiger partial charge on any atom is 0.241 e. The molecule has 96 valence electrons. The van der Waals surface area contributed by atoms with E-state index in [4.69, 9.17) is 9.88 Å². The summed E-state index contributed by atoms with van der Waals surface area (Å²) in [5.41, 5.74) is 0.843. The van der Waals surface area contributed by atoms with E-state index < -0.39 is 10.0 Å². The van der Waals surface area contributed by atoms with Crippen molar-refractivity contribution in [1.29, 1.82) is 0 Å². The second-order valence-electron chi connectivity index (χ2n) is 4.05. The predicted octanol–water partition coefficient (Wildman–Crippen LogP) is 2.21. The highest BCUT2D eigenvalue weighted by molar-refractivity contribution is 7.89. The highest BCUT2D eigenvalue weighted by Gasteiger charge is 2.15. The monoisotopic (exact) mass is 257 g/mol. The third kappa shape index (κ3) is 4.36. The number of benzene rings is 1. The first-order chi connectivity index (χ1) is 7.95. The molecule has 0 saturated heterocycles. The minimum absolute atomic E-state index is 0.0639. The van der Waals surface area contributed by atoms with Crippen LogP contribution in [0, 0.1) is 6.92 Å². The molecule has 0 heterocycles. The van der Waals surface area contributed by atoms with Gasteiger partial charge in [-0.05, 0) is 31.0 Å². The van der Waals surface area contributed by atoms with E-state index in [1.165, 1.54) is 6.07 Å². The van der Waals surface area contributed by atoms with Gasteiger partial charge in [-0.15, -0.1) is 0 Å². The first-order valence-corrected chi connectivity index (χ1v) is 7.26. The van der Waals surface area contributed by atoms with Crippen molar-refractivity contribution in [3.63, 3.8) is 0 Å². The van der Waals surface area contributed by atoms with Crippen LogP contribution in [0.15, 0.2) is 23.1 Å². The second-order valence-corrected chi connectivity index (χ2v) is 5.58. The Bertz CT molecular complexity index is 469. The summed E-state index contributed by atoms with van der Waals surface area (Å²) in [5, 5.41) is 5.15.